The molecule has 0 aliphatic rings. The van der Waals surface area contributed by atoms with E-state index in [2.05, 4.69) is 6.58 Å². The first-order valence-electron chi connectivity index (χ1n) is 2.47. The summed E-state index contributed by atoms with van der Waals surface area (Å²) in [6.07, 6.45) is -4.81. The minimum absolute atomic E-state index is 0.150. The van der Waals surface area contributed by atoms with E-state index in [0.29, 0.717) is 0 Å². The monoisotopic (exact) mass is 154 g/mol. The van der Waals surface area contributed by atoms with Gasteiger partial charge < -0.3 is 15.3 Å². The van der Waals surface area contributed by atoms with Crippen LogP contribution in [0, 0.1) is 0 Å². The first kappa shape index (κ1) is 9.48. The summed E-state index contributed by atoms with van der Waals surface area (Å²) in [5.74, 6) is -3.66. The van der Waals surface area contributed by atoms with Crippen molar-refractivity contribution in [3.63, 3.8) is 0 Å². The Morgan fingerprint density at radius 1 is 1.30 bits per heavy atom. The molecular formula is C5H8F2O3. The molecule has 0 saturated heterocycles. The average Bonchev–Trinajstić information content (AvgIpc) is 1.86. The van der Waals surface area contributed by atoms with Gasteiger partial charge in [-0.05, 0) is 6.08 Å². The van der Waals surface area contributed by atoms with Crippen LogP contribution in [0.15, 0.2) is 12.7 Å². The summed E-state index contributed by atoms with van der Waals surface area (Å²) in [6, 6.07) is 0. The summed E-state index contributed by atoms with van der Waals surface area (Å²) < 4.78 is 24.2. The lowest BCUT2D eigenvalue weighted by atomic mass is 10.2. The van der Waals surface area contributed by atoms with Crippen LogP contribution in [0.1, 0.15) is 0 Å². The quantitative estimate of drug-likeness (QED) is 0.378. The molecule has 3 nitrogen and oxygen atoms in total. The van der Waals surface area contributed by atoms with Gasteiger partial charge in [-0.3, -0.25) is 0 Å². The first-order valence-corrected chi connectivity index (χ1v) is 2.47. The van der Waals surface area contributed by atoms with E-state index in [9.17, 15) is 8.78 Å². The maximum atomic E-state index is 12.1. The number of hydrogen-bond donors (Lipinski definition) is 3. The van der Waals surface area contributed by atoms with Gasteiger partial charge in [0, 0.05) is 0 Å². The molecule has 1 atom stereocenters. The van der Waals surface area contributed by atoms with Gasteiger partial charge in [0.15, 0.2) is 12.4 Å². The van der Waals surface area contributed by atoms with E-state index in [1.165, 1.54) is 0 Å². The van der Waals surface area contributed by atoms with E-state index in [1.54, 1.807) is 0 Å². The second-order valence-corrected chi connectivity index (χ2v) is 1.74. The van der Waals surface area contributed by atoms with Crippen molar-refractivity contribution in [2.45, 2.75) is 18.3 Å². The number of rotatable bonds is 3. The molecule has 0 aliphatic carbocycles. The van der Waals surface area contributed by atoms with Crippen molar-refractivity contribution in [1.29, 1.82) is 0 Å². The van der Waals surface area contributed by atoms with Crippen molar-refractivity contribution in [3.05, 3.63) is 12.7 Å². The summed E-state index contributed by atoms with van der Waals surface area (Å²) in [6.45, 7) is 2.70. The van der Waals surface area contributed by atoms with Crippen molar-refractivity contribution in [2.24, 2.45) is 0 Å². The molecule has 5 heteroatoms. The summed E-state index contributed by atoms with van der Waals surface area (Å²) in [4.78, 5) is 0. The lowest BCUT2D eigenvalue weighted by molar-refractivity contribution is -0.193. The third-order valence-corrected chi connectivity index (χ3v) is 0.949. The van der Waals surface area contributed by atoms with E-state index < -0.39 is 18.3 Å². The van der Waals surface area contributed by atoms with Gasteiger partial charge in [-0.1, -0.05) is 6.58 Å². The van der Waals surface area contributed by atoms with E-state index in [0.717, 1.165) is 0 Å². The minimum atomic E-state index is -3.66. The molecule has 0 aromatic heterocycles. The highest BCUT2D eigenvalue weighted by molar-refractivity contribution is 4.93. The molecule has 0 aliphatic heterocycles. The molecule has 0 radical (unpaired) electrons. The molecule has 0 bridgehead atoms. The number of aliphatic hydroxyl groups is 3. The highest BCUT2D eigenvalue weighted by Gasteiger charge is 2.39. The summed E-state index contributed by atoms with van der Waals surface area (Å²) in [7, 11) is 0. The third kappa shape index (κ3) is 2.02. The third-order valence-electron chi connectivity index (χ3n) is 0.949. The van der Waals surface area contributed by atoms with Gasteiger partial charge in [-0.2, -0.15) is 8.78 Å². The van der Waals surface area contributed by atoms with Gasteiger partial charge in [0.25, 0.3) is 5.92 Å². The van der Waals surface area contributed by atoms with Crippen LogP contribution >= 0.6 is 0 Å². The molecule has 0 aromatic rings. The van der Waals surface area contributed by atoms with Crippen molar-refractivity contribution >= 4 is 0 Å². The molecule has 0 amide bonds. The van der Waals surface area contributed by atoms with Crippen molar-refractivity contribution in [3.8, 4) is 0 Å². The normalized spacial score (nSPS) is 15.4. The van der Waals surface area contributed by atoms with Crippen LogP contribution in [-0.2, 0) is 0 Å². The van der Waals surface area contributed by atoms with Crippen LogP contribution in [0.5, 0.6) is 0 Å². The predicted molar refractivity (Wildman–Crippen MR) is 29.4 cm³/mol. The van der Waals surface area contributed by atoms with Crippen LogP contribution in [-0.4, -0.2) is 33.6 Å². The standard InChI is InChI=1S/C5H8F2O3/c1-2-5(6,7)3(8)4(9)10/h2-4,8-10H,1H2. The largest absolute Gasteiger partial charge is 0.381 e. The Labute approximate surface area is 56.2 Å². The van der Waals surface area contributed by atoms with Gasteiger partial charge in [-0.15, -0.1) is 0 Å². The summed E-state index contributed by atoms with van der Waals surface area (Å²) >= 11 is 0. The van der Waals surface area contributed by atoms with Crippen LogP contribution in [0.2, 0.25) is 0 Å². The zero-order valence-electron chi connectivity index (χ0n) is 5.04. The number of halogens is 2. The van der Waals surface area contributed by atoms with Gasteiger partial charge in [0.05, 0.1) is 0 Å². The Balaban J connectivity index is 4.17. The maximum absolute atomic E-state index is 12.1. The Kier molecular flexibility index (Phi) is 2.89. The first-order chi connectivity index (χ1) is 4.41. The Morgan fingerprint density at radius 2 is 1.70 bits per heavy atom. The molecule has 10 heavy (non-hydrogen) atoms. The molecular weight excluding hydrogens is 146 g/mol. The zero-order valence-corrected chi connectivity index (χ0v) is 5.04. The van der Waals surface area contributed by atoms with Crippen molar-refractivity contribution in [1.82, 2.24) is 0 Å². The van der Waals surface area contributed by atoms with Crippen molar-refractivity contribution in [2.75, 3.05) is 0 Å². The second-order valence-electron chi connectivity index (χ2n) is 1.74. The Morgan fingerprint density at radius 3 is 1.80 bits per heavy atom. The number of alkyl halides is 2. The Bertz CT molecular complexity index is 124. The molecule has 0 heterocycles. The van der Waals surface area contributed by atoms with Gasteiger partial charge in [0.1, 0.15) is 0 Å². The van der Waals surface area contributed by atoms with Crippen LogP contribution in [0.3, 0.4) is 0 Å². The Hall–Kier alpha value is -0.520. The fraction of sp³-hybridized carbons (Fsp3) is 0.600. The van der Waals surface area contributed by atoms with Crippen LogP contribution < -0.4 is 0 Å². The molecule has 0 aromatic carbocycles. The maximum Gasteiger partial charge on any atom is 0.296 e. The molecule has 0 fully saturated rings. The SMILES string of the molecule is C=CC(F)(F)C(O)C(O)O. The van der Waals surface area contributed by atoms with Crippen molar-refractivity contribution < 1.29 is 24.1 Å². The topological polar surface area (TPSA) is 60.7 Å². The minimum Gasteiger partial charge on any atom is -0.381 e. The highest BCUT2D eigenvalue weighted by atomic mass is 19.3. The highest BCUT2D eigenvalue weighted by Crippen LogP contribution is 2.20. The molecule has 0 saturated carbocycles. The van der Waals surface area contributed by atoms with E-state index in [4.69, 9.17) is 15.3 Å². The fourth-order valence-corrected chi connectivity index (χ4v) is 0.319. The molecule has 1 unspecified atom stereocenters. The molecule has 3 N–H and O–H groups in total. The van der Waals surface area contributed by atoms with Gasteiger partial charge >= 0.3 is 0 Å². The summed E-state index contributed by atoms with van der Waals surface area (Å²) in [5, 5.41) is 24.5. The van der Waals surface area contributed by atoms with Gasteiger partial charge in [-0.25, -0.2) is 0 Å². The summed E-state index contributed by atoms with van der Waals surface area (Å²) in [5.41, 5.74) is 0. The number of aliphatic hydroxyl groups excluding tert-OH is 2. The average molecular weight is 154 g/mol. The molecule has 0 rings (SSSR count). The second kappa shape index (κ2) is 3.05. The number of hydrogen-bond acceptors (Lipinski definition) is 3. The van der Waals surface area contributed by atoms with E-state index in [1.807, 2.05) is 0 Å². The lowest BCUT2D eigenvalue weighted by Gasteiger charge is -2.19. The van der Waals surface area contributed by atoms with Crippen LogP contribution in [0.4, 0.5) is 8.78 Å². The molecule has 60 valence electrons. The lowest BCUT2D eigenvalue weighted by Crippen LogP contribution is -2.41. The predicted octanol–water partition coefficient (Wildman–Crippen LogP) is -0.521. The zero-order chi connectivity index (χ0) is 8.36. The molecule has 0 spiro atoms. The van der Waals surface area contributed by atoms with Crippen LogP contribution in [0.25, 0.3) is 0 Å². The van der Waals surface area contributed by atoms with E-state index >= 15 is 0 Å². The smallest absolute Gasteiger partial charge is 0.296 e. The van der Waals surface area contributed by atoms with E-state index in [-0.39, 0.29) is 6.08 Å². The fourth-order valence-electron chi connectivity index (χ4n) is 0.319. The van der Waals surface area contributed by atoms with Gasteiger partial charge in [0.2, 0.25) is 0 Å².